The SMILES string of the molecule is COc1ccc([C@H]2[C@@H]3CN(c4nccc(C(F)(F)F)n4)C[C@@H]3CN2C)cc1. The van der Waals surface area contributed by atoms with Crippen LogP contribution in [0.1, 0.15) is 17.3 Å². The summed E-state index contributed by atoms with van der Waals surface area (Å²) in [5.74, 6) is 1.67. The van der Waals surface area contributed by atoms with E-state index in [-0.39, 0.29) is 12.0 Å². The van der Waals surface area contributed by atoms with E-state index < -0.39 is 11.9 Å². The Morgan fingerprint density at radius 2 is 1.81 bits per heavy atom. The lowest BCUT2D eigenvalue weighted by molar-refractivity contribution is -0.141. The second kappa shape index (κ2) is 6.67. The highest BCUT2D eigenvalue weighted by Crippen LogP contribution is 2.45. The lowest BCUT2D eigenvalue weighted by Crippen LogP contribution is -2.30. The number of benzene rings is 1. The summed E-state index contributed by atoms with van der Waals surface area (Å²) in [6.45, 7) is 2.22. The maximum absolute atomic E-state index is 13.0. The number of methoxy groups -OCH3 is 1. The highest BCUT2D eigenvalue weighted by Gasteiger charge is 2.47. The second-order valence-corrected chi connectivity index (χ2v) is 7.23. The average Bonchev–Trinajstić information content (AvgIpc) is 3.18. The van der Waals surface area contributed by atoms with Crippen molar-refractivity contribution in [3.8, 4) is 5.75 Å². The van der Waals surface area contributed by atoms with Crippen molar-refractivity contribution in [2.45, 2.75) is 12.2 Å². The number of hydrogen-bond donors (Lipinski definition) is 0. The molecule has 5 nitrogen and oxygen atoms in total. The Labute approximate surface area is 155 Å². The zero-order valence-electron chi connectivity index (χ0n) is 15.1. The van der Waals surface area contributed by atoms with Crippen LogP contribution >= 0.6 is 0 Å². The summed E-state index contributed by atoms with van der Waals surface area (Å²) in [4.78, 5) is 12.0. The summed E-state index contributed by atoms with van der Waals surface area (Å²) in [6.07, 6.45) is -3.27. The molecule has 2 aliphatic heterocycles. The molecule has 3 atom stereocenters. The maximum atomic E-state index is 13.0. The molecule has 4 rings (SSSR count). The van der Waals surface area contributed by atoms with Crippen molar-refractivity contribution in [1.82, 2.24) is 14.9 Å². The Morgan fingerprint density at radius 1 is 1.07 bits per heavy atom. The first-order chi connectivity index (χ1) is 12.9. The fourth-order valence-electron chi connectivity index (χ4n) is 4.38. The molecule has 2 saturated heterocycles. The van der Waals surface area contributed by atoms with Crippen LogP contribution in [-0.4, -0.2) is 48.7 Å². The molecule has 0 unspecified atom stereocenters. The summed E-state index contributed by atoms with van der Waals surface area (Å²) in [5, 5.41) is 0. The Balaban J connectivity index is 1.56. The van der Waals surface area contributed by atoms with E-state index in [1.54, 1.807) is 7.11 Å². The number of likely N-dealkylation sites (tertiary alicyclic amines) is 1. The van der Waals surface area contributed by atoms with Crippen LogP contribution in [-0.2, 0) is 6.18 Å². The van der Waals surface area contributed by atoms with Crippen LogP contribution in [0, 0.1) is 11.8 Å². The summed E-state index contributed by atoms with van der Waals surface area (Å²) in [7, 11) is 3.73. The molecule has 0 aliphatic carbocycles. The van der Waals surface area contributed by atoms with Crippen molar-refractivity contribution in [1.29, 1.82) is 0 Å². The van der Waals surface area contributed by atoms with Gasteiger partial charge in [-0.15, -0.1) is 0 Å². The summed E-state index contributed by atoms with van der Waals surface area (Å²) in [5.41, 5.74) is 0.297. The molecule has 8 heteroatoms. The highest BCUT2D eigenvalue weighted by atomic mass is 19.4. The number of anilines is 1. The Morgan fingerprint density at radius 3 is 2.48 bits per heavy atom. The molecule has 2 aliphatic rings. The molecule has 0 radical (unpaired) electrons. The molecule has 144 valence electrons. The second-order valence-electron chi connectivity index (χ2n) is 7.23. The van der Waals surface area contributed by atoms with E-state index in [0.29, 0.717) is 24.9 Å². The van der Waals surface area contributed by atoms with Gasteiger partial charge in [0.25, 0.3) is 0 Å². The number of alkyl halides is 3. The van der Waals surface area contributed by atoms with Crippen LogP contribution in [0.25, 0.3) is 0 Å². The molecule has 27 heavy (non-hydrogen) atoms. The van der Waals surface area contributed by atoms with Crippen LogP contribution in [0.3, 0.4) is 0 Å². The number of halogens is 3. The predicted octanol–water partition coefficient (Wildman–Crippen LogP) is 3.24. The molecule has 2 fully saturated rings. The van der Waals surface area contributed by atoms with Gasteiger partial charge in [-0.05, 0) is 36.7 Å². The van der Waals surface area contributed by atoms with E-state index in [0.717, 1.165) is 18.4 Å². The molecule has 1 aromatic heterocycles. The van der Waals surface area contributed by atoms with Crippen molar-refractivity contribution >= 4 is 5.95 Å². The van der Waals surface area contributed by atoms with Crippen molar-refractivity contribution in [3.63, 3.8) is 0 Å². The van der Waals surface area contributed by atoms with Crippen molar-refractivity contribution in [3.05, 3.63) is 47.8 Å². The van der Waals surface area contributed by atoms with Gasteiger partial charge in [0.15, 0.2) is 0 Å². The number of hydrogen-bond acceptors (Lipinski definition) is 5. The minimum atomic E-state index is -4.46. The zero-order valence-corrected chi connectivity index (χ0v) is 15.1. The molecule has 1 aromatic carbocycles. The van der Waals surface area contributed by atoms with Gasteiger partial charge in [-0.25, -0.2) is 9.97 Å². The Hall–Kier alpha value is -2.35. The average molecular weight is 378 g/mol. The van der Waals surface area contributed by atoms with E-state index in [1.807, 2.05) is 17.0 Å². The number of fused-ring (bicyclic) bond motifs is 1. The number of nitrogens with zero attached hydrogens (tertiary/aromatic N) is 4. The Kier molecular flexibility index (Phi) is 4.46. The lowest BCUT2D eigenvalue weighted by atomic mass is 9.89. The van der Waals surface area contributed by atoms with Gasteiger partial charge < -0.3 is 9.64 Å². The zero-order chi connectivity index (χ0) is 19.2. The van der Waals surface area contributed by atoms with E-state index in [9.17, 15) is 13.2 Å². The van der Waals surface area contributed by atoms with E-state index >= 15 is 0 Å². The number of aromatic nitrogens is 2. The standard InChI is InChI=1S/C19H21F3N4O/c1-25-9-13-10-26(18-23-8-7-16(24-18)19(20,21)22)11-15(13)17(25)12-3-5-14(27-2)6-4-12/h3-8,13,15,17H,9-11H2,1-2H3/t13-,15+,17-/m0/s1. The molecule has 2 aromatic rings. The number of rotatable bonds is 3. The molecule has 0 saturated carbocycles. The number of ether oxygens (including phenoxy) is 1. The molecule has 0 spiro atoms. The smallest absolute Gasteiger partial charge is 0.433 e. The molecule has 0 amide bonds. The fourth-order valence-corrected chi connectivity index (χ4v) is 4.38. The molecule has 0 N–H and O–H groups in total. The third kappa shape index (κ3) is 3.34. The largest absolute Gasteiger partial charge is 0.497 e. The molecular weight excluding hydrogens is 357 g/mol. The van der Waals surface area contributed by atoms with Gasteiger partial charge in [-0.2, -0.15) is 13.2 Å². The minimum absolute atomic E-state index is 0.162. The first-order valence-corrected chi connectivity index (χ1v) is 8.86. The van der Waals surface area contributed by atoms with Crippen molar-refractivity contribution < 1.29 is 17.9 Å². The summed E-state index contributed by atoms with van der Waals surface area (Å²) in [6, 6.07) is 9.14. The Bertz CT molecular complexity index is 811. The van der Waals surface area contributed by atoms with Crippen LogP contribution in [0.4, 0.5) is 19.1 Å². The predicted molar refractivity (Wildman–Crippen MR) is 94.6 cm³/mol. The molecule has 3 heterocycles. The third-order valence-electron chi connectivity index (χ3n) is 5.57. The third-order valence-corrected chi connectivity index (χ3v) is 5.57. The summed E-state index contributed by atoms with van der Waals surface area (Å²) >= 11 is 0. The topological polar surface area (TPSA) is 41.5 Å². The quantitative estimate of drug-likeness (QED) is 0.820. The van der Waals surface area contributed by atoms with Crippen LogP contribution < -0.4 is 9.64 Å². The van der Waals surface area contributed by atoms with Crippen LogP contribution in [0.2, 0.25) is 0 Å². The molecular formula is C19H21F3N4O. The minimum Gasteiger partial charge on any atom is -0.497 e. The highest BCUT2D eigenvalue weighted by molar-refractivity contribution is 5.37. The first-order valence-electron chi connectivity index (χ1n) is 8.86. The van der Waals surface area contributed by atoms with Gasteiger partial charge in [0.05, 0.1) is 7.11 Å². The lowest BCUT2D eigenvalue weighted by Gasteiger charge is -2.27. The van der Waals surface area contributed by atoms with Gasteiger partial charge in [0.1, 0.15) is 11.4 Å². The van der Waals surface area contributed by atoms with E-state index in [4.69, 9.17) is 4.74 Å². The normalized spacial score (nSPS) is 25.7. The maximum Gasteiger partial charge on any atom is 0.433 e. The van der Waals surface area contributed by atoms with Gasteiger partial charge in [-0.1, -0.05) is 12.1 Å². The monoisotopic (exact) mass is 378 g/mol. The van der Waals surface area contributed by atoms with Gasteiger partial charge in [-0.3, -0.25) is 4.90 Å². The van der Waals surface area contributed by atoms with Crippen molar-refractivity contribution in [2.24, 2.45) is 11.8 Å². The van der Waals surface area contributed by atoms with Crippen molar-refractivity contribution in [2.75, 3.05) is 38.7 Å². The van der Waals surface area contributed by atoms with Gasteiger partial charge >= 0.3 is 6.18 Å². The molecule has 0 bridgehead atoms. The summed E-state index contributed by atoms with van der Waals surface area (Å²) < 4.78 is 44.1. The van der Waals surface area contributed by atoms with Crippen LogP contribution in [0.15, 0.2) is 36.5 Å². The fraction of sp³-hybridized carbons (Fsp3) is 0.474. The van der Waals surface area contributed by atoms with E-state index in [2.05, 4.69) is 34.0 Å². The van der Waals surface area contributed by atoms with E-state index in [1.165, 1.54) is 11.8 Å². The first kappa shape index (κ1) is 18.0. The van der Waals surface area contributed by atoms with Gasteiger partial charge in [0.2, 0.25) is 5.95 Å². The van der Waals surface area contributed by atoms with Gasteiger partial charge in [0, 0.05) is 37.8 Å². The van der Waals surface area contributed by atoms with Crippen LogP contribution in [0.5, 0.6) is 5.75 Å².